The number of piperidine rings is 1. The molecule has 0 saturated carbocycles. The quantitative estimate of drug-likeness (QED) is 0.829. The van der Waals surface area contributed by atoms with E-state index in [4.69, 9.17) is 4.74 Å². The number of benzene rings is 1. The molecule has 0 spiro atoms. The lowest BCUT2D eigenvalue weighted by atomic mass is 10.0. The number of hydrogen-bond acceptors (Lipinski definition) is 3. The summed E-state index contributed by atoms with van der Waals surface area (Å²) in [7, 11) is 0. The van der Waals surface area contributed by atoms with E-state index in [1.54, 1.807) is 0 Å². The predicted molar refractivity (Wildman–Crippen MR) is 83.4 cm³/mol. The molecule has 1 aliphatic heterocycles. The van der Waals surface area contributed by atoms with Crippen LogP contribution in [0.4, 0.5) is 0 Å². The van der Waals surface area contributed by atoms with Crippen LogP contribution in [0.25, 0.3) is 0 Å². The fourth-order valence-electron chi connectivity index (χ4n) is 2.85. The normalized spacial score (nSPS) is 18.6. The number of hydrogen-bond donors (Lipinski definition) is 1. The van der Waals surface area contributed by atoms with E-state index in [0.717, 1.165) is 31.9 Å². The third-order valence-corrected chi connectivity index (χ3v) is 3.97. The van der Waals surface area contributed by atoms with Crippen molar-refractivity contribution in [1.82, 2.24) is 14.9 Å². The zero-order chi connectivity index (χ0) is 14.3. The van der Waals surface area contributed by atoms with Crippen molar-refractivity contribution in [2.24, 2.45) is 0 Å². The van der Waals surface area contributed by atoms with E-state index in [1.165, 1.54) is 25.0 Å². The van der Waals surface area contributed by atoms with Crippen molar-refractivity contribution in [3.05, 3.63) is 48.5 Å². The lowest BCUT2D eigenvalue weighted by Gasteiger charge is -2.24. The number of nitrogens with one attached hydrogen (secondary N) is 1. The highest BCUT2D eigenvalue weighted by Crippen LogP contribution is 2.22. The summed E-state index contributed by atoms with van der Waals surface area (Å²) in [6.07, 6.45) is 8.74. The van der Waals surface area contributed by atoms with Crippen LogP contribution in [0.1, 0.15) is 37.4 Å². The van der Waals surface area contributed by atoms with Crippen LogP contribution in [-0.2, 0) is 6.54 Å². The lowest BCUT2D eigenvalue weighted by molar-refractivity contribution is 0.298. The van der Waals surface area contributed by atoms with Crippen LogP contribution in [0.5, 0.6) is 5.75 Å². The summed E-state index contributed by atoms with van der Waals surface area (Å²) in [5.74, 6) is 0.942. The van der Waals surface area contributed by atoms with Gasteiger partial charge in [0.1, 0.15) is 5.75 Å². The largest absolute Gasteiger partial charge is 0.494 e. The molecule has 4 heteroatoms. The first kappa shape index (κ1) is 14.1. The number of ether oxygens (including phenoxy) is 1. The minimum atomic E-state index is 0.469. The lowest BCUT2D eigenvalue weighted by Crippen LogP contribution is -2.28. The molecular formula is C17H23N3O. The van der Waals surface area contributed by atoms with Crippen molar-refractivity contribution in [2.45, 2.75) is 38.3 Å². The van der Waals surface area contributed by atoms with Crippen LogP contribution in [0, 0.1) is 0 Å². The van der Waals surface area contributed by atoms with Gasteiger partial charge in [0.15, 0.2) is 0 Å². The van der Waals surface area contributed by atoms with Crippen molar-refractivity contribution < 1.29 is 4.74 Å². The topological polar surface area (TPSA) is 39.1 Å². The Morgan fingerprint density at radius 1 is 1.24 bits per heavy atom. The van der Waals surface area contributed by atoms with Gasteiger partial charge in [0, 0.05) is 18.8 Å². The molecule has 4 nitrogen and oxygen atoms in total. The van der Waals surface area contributed by atoms with Crippen molar-refractivity contribution in [2.75, 3.05) is 13.2 Å². The van der Waals surface area contributed by atoms with E-state index in [9.17, 15) is 0 Å². The first-order valence-electron chi connectivity index (χ1n) is 7.85. The van der Waals surface area contributed by atoms with E-state index in [0.29, 0.717) is 6.04 Å². The Morgan fingerprint density at radius 3 is 2.95 bits per heavy atom. The Balaban J connectivity index is 1.48. The molecule has 1 unspecified atom stereocenters. The molecule has 1 saturated heterocycles. The molecule has 1 aromatic heterocycles. The summed E-state index contributed by atoms with van der Waals surface area (Å²) in [5.41, 5.74) is 1.31. The van der Waals surface area contributed by atoms with E-state index in [-0.39, 0.29) is 0 Å². The van der Waals surface area contributed by atoms with E-state index < -0.39 is 0 Å². The third-order valence-electron chi connectivity index (χ3n) is 3.97. The van der Waals surface area contributed by atoms with Crippen molar-refractivity contribution in [3.63, 3.8) is 0 Å². The third kappa shape index (κ3) is 3.85. The van der Waals surface area contributed by atoms with Crippen molar-refractivity contribution in [3.8, 4) is 5.75 Å². The molecule has 112 valence electrons. The molecule has 0 aliphatic carbocycles. The zero-order valence-electron chi connectivity index (χ0n) is 12.4. The van der Waals surface area contributed by atoms with Gasteiger partial charge in [-0.05, 0) is 37.9 Å². The van der Waals surface area contributed by atoms with Gasteiger partial charge in [-0.2, -0.15) is 0 Å². The number of rotatable bonds is 6. The predicted octanol–water partition coefficient (Wildman–Crippen LogP) is 3.17. The number of nitrogens with zero attached hydrogens (tertiary/aromatic N) is 2. The average Bonchev–Trinajstić information content (AvgIpc) is 3.02. The molecule has 2 heterocycles. The Labute approximate surface area is 126 Å². The molecule has 2 aromatic rings. The number of aryl methyl sites for hydroxylation is 1. The van der Waals surface area contributed by atoms with Crippen LogP contribution < -0.4 is 10.1 Å². The second kappa shape index (κ2) is 7.27. The van der Waals surface area contributed by atoms with Gasteiger partial charge in [0.25, 0.3) is 0 Å². The minimum absolute atomic E-state index is 0.469. The van der Waals surface area contributed by atoms with Crippen molar-refractivity contribution >= 4 is 0 Å². The first-order valence-corrected chi connectivity index (χ1v) is 7.85. The van der Waals surface area contributed by atoms with Crippen LogP contribution >= 0.6 is 0 Å². The monoisotopic (exact) mass is 285 g/mol. The second-order valence-corrected chi connectivity index (χ2v) is 5.53. The molecule has 1 atom stereocenters. The highest BCUT2D eigenvalue weighted by molar-refractivity contribution is 5.20. The van der Waals surface area contributed by atoms with Gasteiger partial charge in [-0.25, -0.2) is 4.98 Å². The van der Waals surface area contributed by atoms with Crippen LogP contribution in [0.3, 0.4) is 0 Å². The molecule has 0 amide bonds. The van der Waals surface area contributed by atoms with E-state index in [1.807, 2.05) is 42.9 Å². The smallest absolute Gasteiger partial charge is 0.119 e. The molecule has 1 aliphatic rings. The van der Waals surface area contributed by atoms with Gasteiger partial charge in [-0.15, -0.1) is 0 Å². The summed E-state index contributed by atoms with van der Waals surface area (Å²) in [5, 5.41) is 3.59. The fourth-order valence-corrected chi connectivity index (χ4v) is 2.85. The molecule has 1 N–H and O–H groups in total. The van der Waals surface area contributed by atoms with Crippen LogP contribution in [0.15, 0.2) is 42.9 Å². The summed E-state index contributed by atoms with van der Waals surface area (Å²) in [6, 6.07) is 10.5. The maximum atomic E-state index is 5.74. The molecule has 1 fully saturated rings. The van der Waals surface area contributed by atoms with Gasteiger partial charge in [0.05, 0.1) is 18.6 Å². The number of aromatic nitrogens is 2. The number of para-hydroxylation sites is 1. The Bertz CT molecular complexity index is 532. The van der Waals surface area contributed by atoms with Crippen molar-refractivity contribution in [1.29, 1.82) is 0 Å². The molecular weight excluding hydrogens is 262 g/mol. The molecule has 0 radical (unpaired) electrons. The zero-order valence-corrected chi connectivity index (χ0v) is 12.4. The minimum Gasteiger partial charge on any atom is -0.494 e. The first-order chi connectivity index (χ1) is 10.4. The van der Waals surface area contributed by atoms with Gasteiger partial charge < -0.3 is 14.6 Å². The highest BCUT2D eigenvalue weighted by atomic mass is 16.5. The van der Waals surface area contributed by atoms with Crippen LogP contribution in [-0.4, -0.2) is 22.7 Å². The molecule has 1 aromatic carbocycles. The summed E-state index contributed by atoms with van der Waals surface area (Å²) in [4.78, 5) is 4.32. The Kier molecular flexibility index (Phi) is 4.90. The van der Waals surface area contributed by atoms with Gasteiger partial charge in [-0.3, -0.25) is 0 Å². The molecule has 3 rings (SSSR count). The molecule has 21 heavy (non-hydrogen) atoms. The van der Waals surface area contributed by atoms with Gasteiger partial charge in [0.2, 0.25) is 0 Å². The van der Waals surface area contributed by atoms with Gasteiger partial charge in [-0.1, -0.05) is 24.6 Å². The highest BCUT2D eigenvalue weighted by Gasteiger charge is 2.17. The van der Waals surface area contributed by atoms with Crippen LogP contribution in [0.2, 0.25) is 0 Å². The van der Waals surface area contributed by atoms with E-state index in [2.05, 4.69) is 14.9 Å². The Hall–Kier alpha value is -1.81. The maximum absolute atomic E-state index is 5.74. The van der Waals surface area contributed by atoms with E-state index >= 15 is 0 Å². The number of imidazole rings is 1. The fraction of sp³-hybridized carbons (Fsp3) is 0.471. The SMILES string of the molecule is c1ccc(OCCCn2cncc2C2CCCCN2)cc1. The summed E-state index contributed by atoms with van der Waals surface area (Å²) < 4.78 is 8.00. The second-order valence-electron chi connectivity index (χ2n) is 5.53. The standard InChI is InChI=1S/C17H23N3O/c1-2-7-15(8-3-1)21-12-6-11-20-14-18-13-17(20)16-9-4-5-10-19-16/h1-3,7-8,13-14,16,19H,4-6,9-12H2. The summed E-state index contributed by atoms with van der Waals surface area (Å²) >= 11 is 0. The Morgan fingerprint density at radius 2 is 2.14 bits per heavy atom. The average molecular weight is 285 g/mol. The maximum Gasteiger partial charge on any atom is 0.119 e. The molecule has 0 bridgehead atoms. The summed E-state index contributed by atoms with van der Waals surface area (Å²) in [6.45, 7) is 2.81. The van der Waals surface area contributed by atoms with Gasteiger partial charge >= 0.3 is 0 Å².